The molecule has 0 saturated carbocycles. The minimum Gasteiger partial charge on any atom is -0.495 e. The Morgan fingerprint density at radius 3 is 2.70 bits per heavy atom. The number of benzene rings is 1. The largest absolute Gasteiger partial charge is 0.495 e. The second-order valence-electron chi connectivity index (χ2n) is 4.21. The molecular weight excluding hydrogens is 258 g/mol. The van der Waals surface area contributed by atoms with E-state index in [1.807, 2.05) is 23.6 Å². The standard InChI is InChI=1S/C14H15N3O3/c1-9-7-12(18)10(14(19)16-15)8-17(9)11-5-3-4-6-13(11)20-2/h3-8H,15H2,1-2H3,(H,16,19). The number of nitrogen functional groups attached to an aromatic ring is 1. The van der Waals surface area contributed by atoms with E-state index in [9.17, 15) is 9.59 Å². The number of hydrogen-bond acceptors (Lipinski definition) is 4. The Labute approximate surface area is 115 Å². The summed E-state index contributed by atoms with van der Waals surface area (Å²) in [5.74, 6) is 5.09. The first-order chi connectivity index (χ1) is 9.58. The van der Waals surface area contributed by atoms with Crippen LogP contribution in [0.25, 0.3) is 5.69 Å². The minimum absolute atomic E-state index is 0.0241. The van der Waals surface area contributed by atoms with Gasteiger partial charge in [0.05, 0.1) is 12.8 Å². The van der Waals surface area contributed by atoms with Crippen LogP contribution in [0.2, 0.25) is 0 Å². The third-order valence-electron chi connectivity index (χ3n) is 2.96. The van der Waals surface area contributed by atoms with Crippen LogP contribution < -0.4 is 21.4 Å². The molecule has 1 heterocycles. The quantitative estimate of drug-likeness (QED) is 0.491. The van der Waals surface area contributed by atoms with Crippen LogP contribution in [0.15, 0.2) is 41.3 Å². The number of aryl methyl sites for hydroxylation is 1. The molecule has 0 radical (unpaired) electrons. The van der Waals surface area contributed by atoms with Gasteiger partial charge in [-0.15, -0.1) is 0 Å². The number of aromatic nitrogens is 1. The number of nitrogens with zero attached hydrogens (tertiary/aromatic N) is 1. The van der Waals surface area contributed by atoms with Crippen molar-refractivity contribution in [3.8, 4) is 11.4 Å². The molecule has 0 unspecified atom stereocenters. The van der Waals surface area contributed by atoms with Gasteiger partial charge in [-0.3, -0.25) is 15.0 Å². The molecule has 1 aromatic carbocycles. The highest BCUT2D eigenvalue weighted by Crippen LogP contribution is 2.23. The molecule has 0 bridgehead atoms. The predicted octanol–water partition coefficient (Wildman–Crippen LogP) is 0.758. The molecule has 0 aliphatic heterocycles. The lowest BCUT2D eigenvalue weighted by atomic mass is 10.2. The van der Waals surface area contributed by atoms with Gasteiger partial charge in [-0.05, 0) is 19.1 Å². The van der Waals surface area contributed by atoms with Crippen molar-refractivity contribution in [2.24, 2.45) is 5.84 Å². The molecule has 6 heteroatoms. The van der Waals surface area contributed by atoms with E-state index < -0.39 is 5.91 Å². The molecule has 0 aliphatic carbocycles. The Morgan fingerprint density at radius 1 is 1.35 bits per heavy atom. The maximum Gasteiger partial charge on any atom is 0.270 e. The van der Waals surface area contributed by atoms with Crippen molar-refractivity contribution in [1.82, 2.24) is 9.99 Å². The fraction of sp³-hybridized carbons (Fsp3) is 0.143. The van der Waals surface area contributed by atoms with Crippen LogP contribution >= 0.6 is 0 Å². The van der Waals surface area contributed by atoms with E-state index >= 15 is 0 Å². The number of ether oxygens (including phenoxy) is 1. The second-order valence-corrected chi connectivity index (χ2v) is 4.21. The third-order valence-corrected chi connectivity index (χ3v) is 2.96. The number of hydrazine groups is 1. The van der Waals surface area contributed by atoms with Crippen LogP contribution in [0.1, 0.15) is 16.1 Å². The number of para-hydroxylation sites is 2. The number of pyridine rings is 1. The first-order valence-corrected chi connectivity index (χ1v) is 5.96. The number of carbonyl (C=O) groups is 1. The van der Waals surface area contributed by atoms with Crippen LogP contribution in [-0.2, 0) is 0 Å². The summed E-state index contributed by atoms with van der Waals surface area (Å²) >= 11 is 0. The number of carbonyl (C=O) groups excluding carboxylic acids is 1. The zero-order chi connectivity index (χ0) is 14.7. The van der Waals surface area contributed by atoms with E-state index in [1.165, 1.54) is 12.3 Å². The number of nitrogens with one attached hydrogen (secondary N) is 1. The molecule has 0 fully saturated rings. The van der Waals surface area contributed by atoms with Crippen LogP contribution in [0, 0.1) is 6.92 Å². The van der Waals surface area contributed by atoms with Crippen molar-refractivity contribution in [2.45, 2.75) is 6.92 Å². The lowest BCUT2D eigenvalue weighted by Gasteiger charge is -2.15. The molecule has 6 nitrogen and oxygen atoms in total. The van der Waals surface area contributed by atoms with Crippen molar-refractivity contribution in [2.75, 3.05) is 7.11 Å². The summed E-state index contributed by atoms with van der Waals surface area (Å²) in [5, 5.41) is 0. The van der Waals surface area contributed by atoms with Crippen LogP contribution in [0.3, 0.4) is 0 Å². The van der Waals surface area contributed by atoms with Crippen molar-refractivity contribution in [1.29, 1.82) is 0 Å². The monoisotopic (exact) mass is 273 g/mol. The molecular formula is C14H15N3O3. The smallest absolute Gasteiger partial charge is 0.270 e. The van der Waals surface area contributed by atoms with Crippen LogP contribution in [0.4, 0.5) is 0 Å². The zero-order valence-electron chi connectivity index (χ0n) is 11.2. The van der Waals surface area contributed by atoms with Gasteiger partial charge in [-0.25, -0.2) is 5.84 Å². The van der Waals surface area contributed by atoms with E-state index in [-0.39, 0.29) is 11.0 Å². The van der Waals surface area contributed by atoms with Gasteiger partial charge in [0.25, 0.3) is 5.91 Å². The highest BCUT2D eigenvalue weighted by Gasteiger charge is 2.13. The number of amides is 1. The van der Waals surface area contributed by atoms with E-state index in [0.29, 0.717) is 11.4 Å². The first-order valence-electron chi connectivity index (χ1n) is 5.96. The van der Waals surface area contributed by atoms with Gasteiger partial charge in [0.15, 0.2) is 5.43 Å². The predicted molar refractivity (Wildman–Crippen MR) is 75.0 cm³/mol. The number of hydrogen-bond donors (Lipinski definition) is 2. The SMILES string of the molecule is COc1ccccc1-n1cc(C(=O)NN)c(=O)cc1C. The molecule has 0 atom stereocenters. The van der Waals surface area contributed by atoms with Gasteiger partial charge < -0.3 is 9.30 Å². The Hall–Kier alpha value is -2.60. The minimum atomic E-state index is -0.626. The number of nitrogens with two attached hydrogens (primary N) is 1. The van der Waals surface area contributed by atoms with E-state index in [0.717, 1.165) is 5.69 Å². The van der Waals surface area contributed by atoms with Gasteiger partial charge in [0.1, 0.15) is 11.3 Å². The Morgan fingerprint density at radius 2 is 2.05 bits per heavy atom. The van der Waals surface area contributed by atoms with Gasteiger partial charge in [-0.1, -0.05) is 12.1 Å². The molecule has 0 spiro atoms. The summed E-state index contributed by atoms with van der Waals surface area (Å²) in [5.41, 5.74) is 2.99. The molecule has 104 valence electrons. The van der Waals surface area contributed by atoms with Crippen molar-refractivity contribution in [3.05, 3.63) is 58.0 Å². The highest BCUT2D eigenvalue weighted by atomic mass is 16.5. The van der Waals surface area contributed by atoms with E-state index in [2.05, 4.69) is 0 Å². The lowest BCUT2D eigenvalue weighted by Crippen LogP contribution is -2.34. The molecule has 20 heavy (non-hydrogen) atoms. The lowest BCUT2D eigenvalue weighted by molar-refractivity contribution is 0.0952. The summed E-state index contributed by atoms with van der Waals surface area (Å²) in [6, 6.07) is 8.71. The van der Waals surface area contributed by atoms with Gasteiger partial charge in [0, 0.05) is 18.0 Å². The van der Waals surface area contributed by atoms with Crippen LogP contribution in [-0.4, -0.2) is 17.6 Å². The summed E-state index contributed by atoms with van der Waals surface area (Å²) < 4.78 is 7.00. The summed E-state index contributed by atoms with van der Waals surface area (Å²) in [6.07, 6.45) is 1.46. The van der Waals surface area contributed by atoms with Crippen molar-refractivity contribution >= 4 is 5.91 Å². The maximum atomic E-state index is 11.8. The molecule has 0 aliphatic rings. The van der Waals surface area contributed by atoms with E-state index in [4.69, 9.17) is 10.6 Å². The fourth-order valence-electron chi connectivity index (χ4n) is 1.97. The third kappa shape index (κ3) is 2.41. The fourth-order valence-corrected chi connectivity index (χ4v) is 1.97. The Kier molecular flexibility index (Phi) is 3.86. The second kappa shape index (κ2) is 5.58. The first kappa shape index (κ1) is 13.8. The summed E-state index contributed by atoms with van der Waals surface area (Å²) in [4.78, 5) is 23.4. The molecule has 3 N–H and O–H groups in total. The topological polar surface area (TPSA) is 86.3 Å². The molecule has 0 saturated heterocycles. The maximum absolute atomic E-state index is 11.8. The highest BCUT2D eigenvalue weighted by molar-refractivity contribution is 5.93. The van der Waals surface area contributed by atoms with Gasteiger partial charge >= 0.3 is 0 Å². The average Bonchev–Trinajstić information content (AvgIpc) is 2.46. The van der Waals surface area contributed by atoms with Crippen LogP contribution in [0.5, 0.6) is 5.75 Å². The molecule has 2 rings (SSSR count). The van der Waals surface area contributed by atoms with Crippen molar-refractivity contribution in [3.63, 3.8) is 0 Å². The number of methoxy groups -OCH3 is 1. The summed E-state index contributed by atoms with van der Waals surface area (Å²) in [6.45, 7) is 1.78. The normalized spacial score (nSPS) is 10.2. The van der Waals surface area contributed by atoms with Gasteiger partial charge in [-0.2, -0.15) is 0 Å². The zero-order valence-corrected chi connectivity index (χ0v) is 11.2. The Bertz CT molecular complexity index is 707. The molecule has 2 aromatic rings. The molecule has 1 aromatic heterocycles. The van der Waals surface area contributed by atoms with Crippen molar-refractivity contribution < 1.29 is 9.53 Å². The number of rotatable bonds is 3. The average molecular weight is 273 g/mol. The Balaban J connectivity index is 2.68. The van der Waals surface area contributed by atoms with E-state index in [1.54, 1.807) is 24.7 Å². The van der Waals surface area contributed by atoms with Gasteiger partial charge in [0.2, 0.25) is 0 Å². The molecule has 1 amide bonds. The summed E-state index contributed by atoms with van der Waals surface area (Å²) in [7, 11) is 1.56.